The van der Waals surface area contributed by atoms with Crippen LogP contribution in [0.2, 0.25) is 0 Å². The Bertz CT molecular complexity index is 639. The van der Waals surface area contributed by atoms with Gasteiger partial charge in [-0.3, -0.25) is 0 Å². The number of alkyl halides is 3. The molecule has 1 rings (SSSR count). The molecule has 1 aromatic rings. The van der Waals surface area contributed by atoms with E-state index in [4.69, 9.17) is 5.11 Å². The van der Waals surface area contributed by atoms with Crippen molar-refractivity contribution in [2.45, 2.75) is 25.1 Å². The molecule has 0 radical (unpaired) electrons. The van der Waals surface area contributed by atoms with Crippen LogP contribution >= 0.6 is 0 Å². The fourth-order valence-corrected chi connectivity index (χ4v) is 1.91. The number of halogens is 5. The van der Waals surface area contributed by atoms with Gasteiger partial charge in [-0.25, -0.2) is 9.18 Å². The van der Waals surface area contributed by atoms with E-state index in [1.807, 2.05) is 0 Å². The second-order valence-corrected chi connectivity index (χ2v) is 4.60. The van der Waals surface area contributed by atoms with Gasteiger partial charge in [-0.05, 0) is 24.6 Å². The van der Waals surface area contributed by atoms with E-state index in [2.05, 4.69) is 4.74 Å². The second kappa shape index (κ2) is 6.53. The Morgan fingerprint density at radius 1 is 1.30 bits per heavy atom. The fourth-order valence-electron chi connectivity index (χ4n) is 1.91. The largest absolute Gasteiger partial charge is 0.493 e. The highest BCUT2D eigenvalue weighted by Crippen LogP contribution is 2.40. The highest BCUT2D eigenvalue weighted by Gasteiger charge is 2.60. The van der Waals surface area contributed by atoms with Crippen molar-refractivity contribution in [1.82, 2.24) is 0 Å². The predicted octanol–water partition coefficient (Wildman–Crippen LogP) is 3.14. The van der Waals surface area contributed by atoms with Crippen LogP contribution in [0.3, 0.4) is 0 Å². The van der Waals surface area contributed by atoms with E-state index in [9.17, 15) is 31.9 Å². The Labute approximate surface area is 127 Å². The summed E-state index contributed by atoms with van der Waals surface area (Å²) in [5, 5.41) is 18.2. The number of aliphatic hydroxyl groups is 1. The van der Waals surface area contributed by atoms with Gasteiger partial charge in [-0.15, -0.1) is 0 Å². The average Bonchev–Trinajstić information content (AvgIpc) is 2.46. The van der Waals surface area contributed by atoms with E-state index in [0.29, 0.717) is 6.07 Å². The topological polar surface area (TPSA) is 66.8 Å². The molecule has 0 unspecified atom stereocenters. The van der Waals surface area contributed by atoms with Gasteiger partial charge in [-0.1, -0.05) is 6.08 Å². The van der Waals surface area contributed by atoms with E-state index >= 15 is 0 Å². The zero-order valence-electron chi connectivity index (χ0n) is 12.0. The van der Waals surface area contributed by atoms with Crippen LogP contribution in [0.15, 0.2) is 18.2 Å². The summed E-state index contributed by atoms with van der Waals surface area (Å²) in [6.45, 7) is 1.26. The van der Waals surface area contributed by atoms with E-state index in [1.165, 1.54) is 6.92 Å². The number of allylic oxidation sites excluding steroid dienone is 1. The maximum Gasteiger partial charge on any atom is 0.428 e. The maximum atomic E-state index is 13.7. The first-order chi connectivity index (χ1) is 10.5. The Hall–Kier alpha value is -2.16. The number of ether oxygens (including phenoxy) is 1. The molecule has 4 nitrogen and oxygen atoms in total. The lowest BCUT2D eigenvalue weighted by Crippen LogP contribution is -2.52. The predicted molar refractivity (Wildman–Crippen MR) is 69.8 cm³/mol. The zero-order valence-corrected chi connectivity index (χ0v) is 12.0. The average molecular weight is 340 g/mol. The zero-order chi connectivity index (χ0) is 18.0. The quantitative estimate of drug-likeness (QED) is 0.808. The molecule has 2 N–H and O–H groups in total. The van der Waals surface area contributed by atoms with Gasteiger partial charge >= 0.3 is 12.1 Å². The smallest absolute Gasteiger partial charge is 0.428 e. The Morgan fingerprint density at radius 3 is 2.26 bits per heavy atom. The number of carboxylic acids is 1. The first-order valence-corrected chi connectivity index (χ1v) is 6.19. The highest BCUT2D eigenvalue weighted by atomic mass is 19.4. The third kappa shape index (κ3) is 3.44. The third-order valence-electron chi connectivity index (χ3n) is 3.22. The summed E-state index contributed by atoms with van der Waals surface area (Å²) in [4.78, 5) is 10.9. The van der Waals surface area contributed by atoms with Crippen LogP contribution in [-0.2, 0) is 4.79 Å². The summed E-state index contributed by atoms with van der Waals surface area (Å²) in [7, 11) is 0.974. The summed E-state index contributed by atoms with van der Waals surface area (Å²) in [6.07, 6.45) is -5.82. The summed E-state index contributed by atoms with van der Waals surface area (Å²) in [5.41, 5.74) is -4.74. The number of rotatable bonds is 5. The molecule has 0 aliphatic heterocycles. The van der Waals surface area contributed by atoms with Crippen molar-refractivity contribution in [2.24, 2.45) is 0 Å². The summed E-state index contributed by atoms with van der Waals surface area (Å²) < 4.78 is 70.1. The van der Waals surface area contributed by atoms with Crippen LogP contribution in [0.5, 0.6) is 5.75 Å². The highest BCUT2D eigenvalue weighted by molar-refractivity contribution is 5.83. The Balaban J connectivity index is 3.42. The maximum absolute atomic E-state index is 13.7. The molecule has 0 saturated carbocycles. The van der Waals surface area contributed by atoms with Gasteiger partial charge in [0, 0.05) is 12.0 Å². The molecule has 0 amide bonds. The Kier molecular flexibility index (Phi) is 5.36. The minimum Gasteiger partial charge on any atom is -0.493 e. The van der Waals surface area contributed by atoms with Crippen molar-refractivity contribution in [2.75, 3.05) is 7.11 Å². The molecule has 23 heavy (non-hydrogen) atoms. The lowest BCUT2D eigenvalue weighted by molar-refractivity contribution is -0.258. The fraction of sp³-hybridized carbons (Fsp3) is 0.357. The number of carboxylic acid groups (broad SMARTS) is 1. The van der Waals surface area contributed by atoms with Crippen molar-refractivity contribution in [3.8, 4) is 5.75 Å². The van der Waals surface area contributed by atoms with Crippen LogP contribution in [0, 0.1) is 11.6 Å². The van der Waals surface area contributed by atoms with Crippen molar-refractivity contribution < 1.29 is 41.7 Å². The van der Waals surface area contributed by atoms with E-state index in [1.54, 1.807) is 0 Å². The standard InChI is InChI=1S/C14H13F5O4/c1-3-7(6-13(22,12(20)21)14(17,18)19)8-4-5-9(15)10(16)11(8)23-2/h3-5,22H,6H2,1-2H3,(H,20,21)/b7-3-/t13-/m1/s1. The van der Waals surface area contributed by atoms with Crippen LogP contribution in [0.4, 0.5) is 22.0 Å². The lowest BCUT2D eigenvalue weighted by Gasteiger charge is -2.27. The molecule has 0 aliphatic rings. The summed E-state index contributed by atoms with van der Waals surface area (Å²) >= 11 is 0. The number of benzene rings is 1. The van der Waals surface area contributed by atoms with Crippen molar-refractivity contribution in [3.05, 3.63) is 35.4 Å². The molecule has 128 valence electrons. The van der Waals surface area contributed by atoms with Crippen molar-refractivity contribution in [3.63, 3.8) is 0 Å². The van der Waals surface area contributed by atoms with Gasteiger partial charge in [0.05, 0.1) is 7.11 Å². The SMILES string of the molecule is C/C=C(/C[C@@](O)(C(=O)O)C(F)(F)F)c1ccc(F)c(F)c1OC. The van der Waals surface area contributed by atoms with Gasteiger partial charge in [-0.2, -0.15) is 17.6 Å². The van der Waals surface area contributed by atoms with Gasteiger partial charge in [0.15, 0.2) is 11.6 Å². The van der Waals surface area contributed by atoms with Crippen LogP contribution in [0.1, 0.15) is 18.9 Å². The molecule has 0 fully saturated rings. The number of carbonyl (C=O) groups is 1. The molecule has 9 heteroatoms. The second-order valence-electron chi connectivity index (χ2n) is 4.60. The van der Waals surface area contributed by atoms with Gasteiger partial charge < -0.3 is 14.9 Å². The molecule has 0 bridgehead atoms. The monoisotopic (exact) mass is 340 g/mol. The minimum atomic E-state index is -5.47. The summed E-state index contributed by atoms with van der Waals surface area (Å²) in [6, 6.07) is 1.59. The van der Waals surface area contributed by atoms with Gasteiger partial charge in [0.1, 0.15) is 0 Å². The van der Waals surface area contributed by atoms with E-state index < -0.39 is 41.6 Å². The van der Waals surface area contributed by atoms with Crippen molar-refractivity contribution >= 4 is 11.5 Å². The normalized spacial score (nSPS) is 15.2. The minimum absolute atomic E-state index is 0.294. The van der Waals surface area contributed by atoms with E-state index in [0.717, 1.165) is 19.3 Å². The lowest BCUT2D eigenvalue weighted by atomic mass is 9.89. The molecule has 0 aliphatic carbocycles. The summed E-state index contributed by atoms with van der Waals surface area (Å²) in [5.74, 6) is -5.92. The number of methoxy groups -OCH3 is 1. The third-order valence-corrected chi connectivity index (χ3v) is 3.22. The number of aliphatic carboxylic acids is 1. The molecule has 0 saturated heterocycles. The van der Waals surface area contributed by atoms with Crippen LogP contribution in [0.25, 0.3) is 5.57 Å². The Morgan fingerprint density at radius 2 is 1.87 bits per heavy atom. The molecule has 1 aromatic carbocycles. The number of hydrogen-bond donors (Lipinski definition) is 2. The molecule has 1 atom stereocenters. The van der Waals surface area contributed by atoms with Crippen LogP contribution < -0.4 is 4.74 Å². The van der Waals surface area contributed by atoms with E-state index in [-0.39, 0.29) is 11.1 Å². The van der Waals surface area contributed by atoms with Gasteiger partial charge in [0.25, 0.3) is 5.60 Å². The molecular formula is C14H13F5O4. The molecule has 0 aromatic heterocycles. The first-order valence-electron chi connectivity index (χ1n) is 6.19. The molecule has 0 spiro atoms. The first kappa shape index (κ1) is 18.9. The van der Waals surface area contributed by atoms with Crippen molar-refractivity contribution in [1.29, 1.82) is 0 Å². The van der Waals surface area contributed by atoms with Gasteiger partial charge in [0.2, 0.25) is 5.82 Å². The van der Waals surface area contributed by atoms with Crippen LogP contribution in [-0.4, -0.2) is 35.1 Å². The number of hydrogen-bond acceptors (Lipinski definition) is 3. The molecule has 0 heterocycles. The molecular weight excluding hydrogens is 327 g/mol.